The van der Waals surface area contributed by atoms with Crippen molar-refractivity contribution >= 4 is 6.09 Å². The van der Waals surface area contributed by atoms with Gasteiger partial charge in [0, 0.05) is 18.7 Å². The second-order valence-corrected chi connectivity index (χ2v) is 6.74. The molecule has 0 saturated heterocycles. The van der Waals surface area contributed by atoms with Crippen LogP contribution in [-0.2, 0) is 9.47 Å². The molecule has 1 rings (SSSR count). The maximum absolute atomic E-state index is 11.6. The zero-order valence-corrected chi connectivity index (χ0v) is 13.5. The Morgan fingerprint density at radius 1 is 1.25 bits per heavy atom. The maximum Gasteiger partial charge on any atom is 0.407 e. The summed E-state index contributed by atoms with van der Waals surface area (Å²) >= 11 is 0. The van der Waals surface area contributed by atoms with Crippen molar-refractivity contribution in [1.82, 2.24) is 10.6 Å². The van der Waals surface area contributed by atoms with E-state index in [1.54, 1.807) is 0 Å². The highest BCUT2D eigenvalue weighted by Crippen LogP contribution is 2.20. The molecule has 2 N–H and O–H groups in total. The second-order valence-electron chi connectivity index (χ2n) is 6.74. The summed E-state index contributed by atoms with van der Waals surface area (Å²) in [4.78, 5) is 11.6. The Kier molecular flexibility index (Phi) is 6.76. The SMILES string of the molecule is CC(C)OCCCNC1CC(NC(=O)OC(C)(C)C)C1. The lowest BCUT2D eigenvalue weighted by Gasteiger charge is -2.36. The topological polar surface area (TPSA) is 59.6 Å². The van der Waals surface area contributed by atoms with Crippen molar-refractivity contribution < 1.29 is 14.3 Å². The van der Waals surface area contributed by atoms with E-state index in [4.69, 9.17) is 9.47 Å². The Bertz CT molecular complexity index is 294. The fourth-order valence-electron chi connectivity index (χ4n) is 2.07. The molecule has 1 aliphatic carbocycles. The van der Waals surface area contributed by atoms with Crippen molar-refractivity contribution in [3.63, 3.8) is 0 Å². The van der Waals surface area contributed by atoms with E-state index < -0.39 is 5.60 Å². The highest BCUT2D eigenvalue weighted by atomic mass is 16.6. The third-order valence-electron chi connectivity index (χ3n) is 3.06. The summed E-state index contributed by atoms with van der Waals surface area (Å²) in [7, 11) is 0. The molecule has 0 aromatic carbocycles. The molecule has 1 fully saturated rings. The third kappa shape index (κ3) is 7.70. The molecule has 0 radical (unpaired) electrons. The van der Waals surface area contributed by atoms with Crippen molar-refractivity contribution in [2.45, 2.75) is 77.7 Å². The second kappa shape index (κ2) is 7.84. The Hall–Kier alpha value is -0.810. The molecule has 0 aliphatic heterocycles. The Balaban J connectivity index is 1.99. The van der Waals surface area contributed by atoms with E-state index in [0.717, 1.165) is 32.4 Å². The van der Waals surface area contributed by atoms with Crippen molar-refractivity contribution in [2.24, 2.45) is 0 Å². The van der Waals surface area contributed by atoms with Gasteiger partial charge < -0.3 is 20.1 Å². The predicted molar refractivity (Wildman–Crippen MR) is 79.9 cm³/mol. The number of alkyl carbamates (subject to hydrolysis) is 1. The van der Waals surface area contributed by atoms with Crippen LogP contribution in [0.2, 0.25) is 0 Å². The van der Waals surface area contributed by atoms with Crippen LogP contribution in [0.15, 0.2) is 0 Å². The molecule has 118 valence electrons. The quantitative estimate of drug-likeness (QED) is 0.706. The van der Waals surface area contributed by atoms with E-state index in [1.807, 2.05) is 34.6 Å². The van der Waals surface area contributed by atoms with Crippen LogP contribution in [0.4, 0.5) is 4.79 Å². The molecule has 5 heteroatoms. The molecule has 0 spiro atoms. The summed E-state index contributed by atoms with van der Waals surface area (Å²) in [5.41, 5.74) is -0.429. The first-order chi connectivity index (χ1) is 9.26. The number of hydrogen-bond acceptors (Lipinski definition) is 4. The van der Waals surface area contributed by atoms with E-state index in [1.165, 1.54) is 0 Å². The minimum atomic E-state index is -0.429. The largest absolute Gasteiger partial charge is 0.444 e. The predicted octanol–water partition coefficient (Wildman–Crippen LogP) is 2.45. The van der Waals surface area contributed by atoms with Gasteiger partial charge in [0.15, 0.2) is 0 Å². The summed E-state index contributed by atoms with van der Waals surface area (Å²) in [6, 6.07) is 0.753. The van der Waals surface area contributed by atoms with Gasteiger partial charge in [0.2, 0.25) is 0 Å². The minimum Gasteiger partial charge on any atom is -0.444 e. The van der Waals surface area contributed by atoms with Crippen molar-refractivity contribution in [2.75, 3.05) is 13.2 Å². The van der Waals surface area contributed by atoms with Gasteiger partial charge in [-0.3, -0.25) is 0 Å². The van der Waals surface area contributed by atoms with Crippen molar-refractivity contribution in [1.29, 1.82) is 0 Å². The van der Waals surface area contributed by atoms with Crippen LogP contribution in [0.3, 0.4) is 0 Å². The lowest BCUT2D eigenvalue weighted by molar-refractivity contribution is 0.0464. The maximum atomic E-state index is 11.6. The Morgan fingerprint density at radius 3 is 2.45 bits per heavy atom. The van der Waals surface area contributed by atoms with Gasteiger partial charge in [-0.05, 0) is 60.4 Å². The number of rotatable bonds is 7. The molecule has 1 aliphatic rings. The molecule has 0 atom stereocenters. The zero-order valence-electron chi connectivity index (χ0n) is 13.5. The van der Waals surface area contributed by atoms with Gasteiger partial charge in [-0.25, -0.2) is 4.79 Å². The highest BCUT2D eigenvalue weighted by Gasteiger charge is 2.30. The lowest BCUT2D eigenvalue weighted by atomic mass is 9.87. The summed E-state index contributed by atoms with van der Waals surface area (Å²) in [5.74, 6) is 0. The van der Waals surface area contributed by atoms with E-state index in [9.17, 15) is 4.79 Å². The molecule has 5 nitrogen and oxygen atoms in total. The average Bonchev–Trinajstić information content (AvgIpc) is 2.21. The van der Waals surface area contributed by atoms with Crippen LogP contribution in [0.5, 0.6) is 0 Å². The van der Waals surface area contributed by atoms with Crippen LogP contribution in [0, 0.1) is 0 Å². The first-order valence-electron chi connectivity index (χ1n) is 7.61. The van der Waals surface area contributed by atoms with Gasteiger partial charge in [-0.15, -0.1) is 0 Å². The van der Waals surface area contributed by atoms with Crippen molar-refractivity contribution in [3.05, 3.63) is 0 Å². The first-order valence-corrected chi connectivity index (χ1v) is 7.61. The fourth-order valence-corrected chi connectivity index (χ4v) is 2.07. The smallest absolute Gasteiger partial charge is 0.407 e. The van der Waals surface area contributed by atoms with Crippen LogP contribution in [0.1, 0.15) is 53.9 Å². The van der Waals surface area contributed by atoms with Gasteiger partial charge in [-0.1, -0.05) is 0 Å². The summed E-state index contributed by atoms with van der Waals surface area (Å²) < 4.78 is 10.7. The molecule has 1 saturated carbocycles. The average molecular weight is 286 g/mol. The highest BCUT2D eigenvalue weighted by molar-refractivity contribution is 5.68. The molecular weight excluding hydrogens is 256 g/mol. The number of carbonyl (C=O) groups excluding carboxylic acids is 1. The van der Waals surface area contributed by atoms with Crippen LogP contribution in [-0.4, -0.2) is 43.0 Å². The van der Waals surface area contributed by atoms with E-state index in [2.05, 4.69) is 10.6 Å². The summed E-state index contributed by atoms with van der Waals surface area (Å²) in [6.45, 7) is 11.5. The fraction of sp³-hybridized carbons (Fsp3) is 0.933. The minimum absolute atomic E-state index is 0.245. The third-order valence-corrected chi connectivity index (χ3v) is 3.06. The summed E-state index contributed by atoms with van der Waals surface area (Å²) in [6.07, 6.45) is 2.97. The van der Waals surface area contributed by atoms with Crippen molar-refractivity contribution in [3.8, 4) is 0 Å². The number of nitrogens with one attached hydrogen (secondary N) is 2. The van der Waals surface area contributed by atoms with Crippen LogP contribution < -0.4 is 10.6 Å². The molecule has 0 bridgehead atoms. The molecule has 1 amide bonds. The normalized spacial score (nSPS) is 22.5. The van der Waals surface area contributed by atoms with Gasteiger partial charge in [0.25, 0.3) is 0 Å². The lowest BCUT2D eigenvalue weighted by Crippen LogP contribution is -2.53. The van der Waals surface area contributed by atoms with Gasteiger partial charge in [0.05, 0.1) is 6.10 Å². The van der Waals surface area contributed by atoms with E-state index >= 15 is 0 Å². The molecule has 20 heavy (non-hydrogen) atoms. The van der Waals surface area contributed by atoms with E-state index in [-0.39, 0.29) is 12.1 Å². The van der Waals surface area contributed by atoms with Gasteiger partial charge >= 0.3 is 6.09 Å². The first kappa shape index (κ1) is 17.2. The number of ether oxygens (including phenoxy) is 2. The Morgan fingerprint density at radius 2 is 1.90 bits per heavy atom. The number of carbonyl (C=O) groups is 1. The van der Waals surface area contributed by atoms with Crippen LogP contribution >= 0.6 is 0 Å². The number of amides is 1. The molecule has 0 unspecified atom stereocenters. The molecule has 0 aromatic rings. The van der Waals surface area contributed by atoms with Gasteiger partial charge in [-0.2, -0.15) is 0 Å². The Labute approximate surface area is 122 Å². The molecule has 0 aromatic heterocycles. The van der Waals surface area contributed by atoms with Crippen LogP contribution in [0.25, 0.3) is 0 Å². The summed E-state index contributed by atoms with van der Waals surface area (Å²) in [5, 5.41) is 6.37. The van der Waals surface area contributed by atoms with Gasteiger partial charge in [0.1, 0.15) is 5.60 Å². The number of hydrogen-bond donors (Lipinski definition) is 2. The monoisotopic (exact) mass is 286 g/mol. The zero-order chi connectivity index (χ0) is 15.2. The standard InChI is InChI=1S/C15H30N2O3/c1-11(2)19-8-6-7-16-12-9-13(10-12)17-14(18)20-15(3,4)5/h11-13,16H,6-10H2,1-5H3,(H,17,18). The molecular formula is C15H30N2O3. The van der Waals surface area contributed by atoms with E-state index in [0.29, 0.717) is 12.1 Å². The molecule has 0 heterocycles.